The summed E-state index contributed by atoms with van der Waals surface area (Å²) >= 11 is 6.07. The molecule has 0 spiro atoms. The molecule has 1 N–H and O–H groups in total. The lowest BCUT2D eigenvalue weighted by molar-refractivity contribution is -0.120. The number of carbonyl (C=O) groups is 1. The Bertz CT molecular complexity index is 822. The van der Waals surface area contributed by atoms with Gasteiger partial charge >= 0.3 is 0 Å². The van der Waals surface area contributed by atoms with Crippen molar-refractivity contribution < 1.29 is 9.53 Å². The molecule has 9 heteroatoms. The van der Waals surface area contributed by atoms with E-state index in [0.29, 0.717) is 43.0 Å². The Hall–Kier alpha value is -2.74. The van der Waals surface area contributed by atoms with Crippen molar-refractivity contribution in [1.82, 2.24) is 20.0 Å². The van der Waals surface area contributed by atoms with Crippen LogP contribution in [0, 0.1) is 0 Å². The van der Waals surface area contributed by atoms with Crippen LogP contribution in [0.1, 0.15) is 0 Å². The Balaban J connectivity index is 1.48. The zero-order valence-corrected chi connectivity index (χ0v) is 16.2. The first-order valence-corrected chi connectivity index (χ1v) is 9.08. The number of aryl methyl sites for hydroxylation is 1. The number of para-hydroxylation sites is 1. The van der Waals surface area contributed by atoms with E-state index in [2.05, 4.69) is 15.4 Å². The minimum atomic E-state index is 0.0181. The normalized spacial score (nSPS) is 15.2. The van der Waals surface area contributed by atoms with E-state index >= 15 is 0 Å². The van der Waals surface area contributed by atoms with E-state index in [1.807, 2.05) is 36.3 Å². The highest BCUT2D eigenvalue weighted by atomic mass is 35.5. The number of aliphatic imine (C=N–C) groups is 1. The van der Waals surface area contributed by atoms with Crippen LogP contribution < -0.4 is 15.0 Å². The van der Waals surface area contributed by atoms with E-state index in [4.69, 9.17) is 16.3 Å². The molecule has 2 heterocycles. The molecule has 8 nitrogen and oxygen atoms in total. The molecule has 1 amide bonds. The fourth-order valence-corrected chi connectivity index (χ4v) is 3.08. The Kier molecular flexibility index (Phi) is 6.18. The molecule has 2 aromatic rings. The maximum atomic E-state index is 12.5. The maximum absolute atomic E-state index is 12.5. The van der Waals surface area contributed by atoms with Crippen LogP contribution in [-0.2, 0) is 11.8 Å². The highest BCUT2D eigenvalue weighted by molar-refractivity contribution is 6.32. The summed E-state index contributed by atoms with van der Waals surface area (Å²) in [6.45, 7) is 2.52. The summed E-state index contributed by atoms with van der Waals surface area (Å²) in [4.78, 5) is 20.5. The number of halogens is 1. The number of hydrogen-bond acceptors (Lipinski definition) is 4. The number of aromatic nitrogens is 2. The van der Waals surface area contributed by atoms with Crippen molar-refractivity contribution in [1.29, 1.82) is 0 Å². The molecule has 0 bridgehead atoms. The van der Waals surface area contributed by atoms with Crippen molar-refractivity contribution in [2.24, 2.45) is 12.0 Å². The molecule has 0 atom stereocenters. The Morgan fingerprint density at radius 1 is 1.37 bits per heavy atom. The Labute approximate surface area is 163 Å². The SMILES string of the molecule is CN=C(NCCOc1ccccc1Cl)N1CCN(c2cnn(C)c2)C(=O)C1. The van der Waals surface area contributed by atoms with E-state index in [-0.39, 0.29) is 12.5 Å². The lowest BCUT2D eigenvalue weighted by atomic mass is 10.3. The molecule has 27 heavy (non-hydrogen) atoms. The van der Waals surface area contributed by atoms with Crippen LogP contribution in [0.15, 0.2) is 41.7 Å². The first kappa shape index (κ1) is 19.0. The largest absolute Gasteiger partial charge is 0.490 e. The minimum Gasteiger partial charge on any atom is -0.490 e. The molecule has 1 saturated heterocycles. The second-order valence-corrected chi connectivity index (χ2v) is 6.50. The number of anilines is 1. The highest BCUT2D eigenvalue weighted by Gasteiger charge is 2.27. The molecule has 0 radical (unpaired) electrons. The highest BCUT2D eigenvalue weighted by Crippen LogP contribution is 2.22. The van der Waals surface area contributed by atoms with Crippen molar-refractivity contribution >= 4 is 29.2 Å². The number of benzene rings is 1. The molecular weight excluding hydrogens is 368 g/mol. The second kappa shape index (κ2) is 8.77. The van der Waals surface area contributed by atoms with E-state index in [1.165, 1.54) is 0 Å². The average molecular weight is 391 g/mol. The van der Waals surface area contributed by atoms with Crippen LogP contribution >= 0.6 is 11.6 Å². The van der Waals surface area contributed by atoms with Crippen LogP contribution in [0.25, 0.3) is 0 Å². The van der Waals surface area contributed by atoms with Gasteiger partial charge in [0.25, 0.3) is 0 Å². The number of hydrogen-bond donors (Lipinski definition) is 1. The van der Waals surface area contributed by atoms with Gasteiger partial charge in [-0.1, -0.05) is 23.7 Å². The van der Waals surface area contributed by atoms with Crippen LogP contribution in [0.5, 0.6) is 5.75 Å². The lowest BCUT2D eigenvalue weighted by Crippen LogP contribution is -2.55. The Morgan fingerprint density at radius 2 is 2.19 bits per heavy atom. The van der Waals surface area contributed by atoms with Gasteiger partial charge in [-0.15, -0.1) is 0 Å². The monoisotopic (exact) mass is 390 g/mol. The number of guanidine groups is 1. The third kappa shape index (κ3) is 4.71. The van der Waals surface area contributed by atoms with E-state index in [0.717, 1.165) is 5.69 Å². The van der Waals surface area contributed by atoms with Gasteiger partial charge in [0, 0.05) is 33.4 Å². The molecule has 0 unspecified atom stereocenters. The zero-order chi connectivity index (χ0) is 19.2. The number of piperazine rings is 1. The first-order chi connectivity index (χ1) is 13.1. The van der Waals surface area contributed by atoms with Gasteiger partial charge < -0.3 is 19.9 Å². The summed E-state index contributed by atoms with van der Waals surface area (Å²) in [7, 11) is 3.54. The first-order valence-electron chi connectivity index (χ1n) is 8.70. The standard InChI is InChI=1S/C18H23ClN6O2/c1-20-18(21-7-10-27-16-6-4-3-5-15(16)19)24-8-9-25(17(26)13-24)14-11-22-23(2)12-14/h3-6,11-12H,7-10,13H2,1-2H3,(H,20,21). The van der Waals surface area contributed by atoms with Gasteiger partial charge in [0.05, 0.1) is 23.5 Å². The molecule has 1 aromatic carbocycles. The third-order valence-corrected chi connectivity index (χ3v) is 4.53. The number of rotatable bonds is 5. The molecule has 0 saturated carbocycles. The summed E-state index contributed by atoms with van der Waals surface area (Å²) in [5, 5.41) is 7.94. The quantitative estimate of drug-likeness (QED) is 0.474. The summed E-state index contributed by atoms with van der Waals surface area (Å²) < 4.78 is 7.35. The van der Waals surface area contributed by atoms with Crippen LogP contribution in [0.2, 0.25) is 5.02 Å². The van der Waals surface area contributed by atoms with Crippen LogP contribution in [-0.4, -0.2) is 66.4 Å². The summed E-state index contributed by atoms with van der Waals surface area (Å²) in [5.74, 6) is 1.35. The topological polar surface area (TPSA) is 75.0 Å². The van der Waals surface area contributed by atoms with E-state index < -0.39 is 0 Å². The zero-order valence-electron chi connectivity index (χ0n) is 15.4. The molecule has 0 aliphatic carbocycles. The van der Waals surface area contributed by atoms with Crippen LogP contribution in [0.4, 0.5) is 5.69 Å². The molecule has 1 aliphatic heterocycles. The van der Waals surface area contributed by atoms with Crippen molar-refractivity contribution in [3.63, 3.8) is 0 Å². The molecular formula is C18H23ClN6O2. The van der Waals surface area contributed by atoms with Gasteiger partial charge in [-0.3, -0.25) is 14.5 Å². The number of carbonyl (C=O) groups excluding carboxylic acids is 1. The molecule has 3 rings (SSSR count). The van der Waals surface area contributed by atoms with E-state index in [1.54, 1.807) is 28.9 Å². The fraction of sp³-hybridized carbons (Fsp3) is 0.389. The lowest BCUT2D eigenvalue weighted by Gasteiger charge is -2.35. The average Bonchev–Trinajstić information content (AvgIpc) is 3.09. The van der Waals surface area contributed by atoms with Gasteiger partial charge in [0.15, 0.2) is 5.96 Å². The number of amides is 1. The van der Waals surface area contributed by atoms with Gasteiger partial charge in [-0.25, -0.2) is 0 Å². The van der Waals surface area contributed by atoms with Gasteiger partial charge in [0.2, 0.25) is 5.91 Å². The van der Waals surface area contributed by atoms with Crippen molar-refractivity contribution in [3.05, 3.63) is 41.7 Å². The fourth-order valence-electron chi connectivity index (χ4n) is 2.89. The van der Waals surface area contributed by atoms with Gasteiger partial charge in [-0.2, -0.15) is 5.10 Å². The molecule has 1 aliphatic rings. The Morgan fingerprint density at radius 3 is 2.85 bits per heavy atom. The maximum Gasteiger partial charge on any atom is 0.246 e. The summed E-state index contributed by atoms with van der Waals surface area (Å²) in [6.07, 6.45) is 3.54. The minimum absolute atomic E-state index is 0.0181. The number of nitrogens with zero attached hydrogens (tertiary/aromatic N) is 5. The summed E-state index contributed by atoms with van der Waals surface area (Å²) in [5.41, 5.74) is 0.818. The molecule has 1 aromatic heterocycles. The smallest absolute Gasteiger partial charge is 0.246 e. The van der Waals surface area contributed by atoms with Crippen LogP contribution in [0.3, 0.4) is 0 Å². The molecule has 1 fully saturated rings. The predicted molar refractivity (Wildman–Crippen MR) is 105 cm³/mol. The summed E-state index contributed by atoms with van der Waals surface area (Å²) in [6, 6.07) is 7.35. The second-order valence-electron chi connectivity index (χ2n) is 6.09. The predicted octanol–water partition coefficient (Wildman–Crippen LogP) is 1.38. The number of ether oxygens (including phenoxy) is 1. The van der Waals surface area contributed by atoms with Gasteiger partial charge in [0.1, 0.15) is 18.9 Å². The van der Waals surface area contributed by atoms with Crippen molar-refractivity contribution in [3.8, 4) is 5.75 Å². The van der Waals surface area contributed by atoms with Crippen molar-refractivity contribution in [2.75, 3.05) is 44.7 Å². The number of nitrogens with one attached hydrogen (secondary N) is 1. The van der Waals surface area contributed by atoms with Crippen molar-refractivity contribution in [2.45, 2.75) is 0 Å². The molecule has 144 valence electrons. The third-order valence-electron chi connectivity index (χ3n) is 4.21. The van der Waals surface area contributed by atoms with E-state index in [9.17, 15) is 4.79 Å². The van der Waals surface area contributed by atoms with Gasteiger partial charge in [-0.05, 0) is 12.1 Å².